The van der Waals surface area contributed by atoms with Crippen molar-refractivity contribution in [2.75, 3.05) is 25.0 Å². The van der Waals surface area contributed by atoms with Crippen molar-refractivity contribution in [2.24, 2.45) is 11.8 Å². The Balaban J connectivity index is 1.57. The topological polar surface area (TPSA) is 105 Å². The van der Waals surface area contributed by atoms with Crippen molar-refractivity contribution in [2.45, 2.75) is 51.5 Å². The third kappa shape index (κ3) is 6.82. The standard InChI is InChI=1S/C26H35N3O5S/c1-5-34-22-10-8-21(9-11-22)27-26(31)24(18(2)3)28-25(30)20-14-16-29(17-15-20)35(32,33)23-12-6-19(4)7-13-23/h6-13,18,20,24H,5,14-17H2,1-4H3,(H,27,31)(H,28,30)/t24-/m1/s1. The lowest BCUT2D eigenvalue weighted by molar-refractivity contribution is -0.130. The summed E-state index contributed by atoms with van der Waals surface area (Å²) in [6, 6.07) is 13.1. The van der Waals surface area contributed by atoms with Crippen LogP contribution in [0.5, 0.6) is 5.75 Å². The summed E-state index contributed by atoms with van der Waals surface area (Å²) in [5.41, 5.74) is 1.61. The van der Waals surface area contributed by atoms with Crippen LogP contribution in [0, 0.1) is 18.8 Å². The van der Waals surface area contributed by atoms with E-state index in [1.807, 2.05) is 27.7 Å². The van der Waals surface area contributed by atoms with Crippen LogP contribution < -0.4 is 15.4 Å². The summed E-state index contributed by atoms with van der Waals surface area (Å²) in [6.07, 6.45) is 0.810. The molecule has 0 spiro atoms. The molecule has 1 atom stereocenters. The van der Waals surface area contributed by atoms with Crippen molar-refractivity contribution in [3.8, 4) is 5.75 Å². The lowest BCUT2D eigenvalue weighted by atomic mass is 9.95. The fourth-order valence-corrected chi connectivity index (χ4v) is 5.51. The van der Waals surface area contributed by atoms with Crippen LogP contribution >= 0.6 is 0 Å². The number of amides is 2. The highest BCUT2D eigenvalue weighted by atomic mass is 32.2. The van der Waals surface area contributed by atoms with Crippen LogP contribution in [-0.2, 0) is 19.6 Å². The van der Waals surface area contributed by atoms with E-state index in [-0.39, 0.29) is 41.6 Å². The molecule has 1 saturated heterocycles. The maximum atomic E-state index is 13.0. The van der Waals surface area contributed by atoms with Crippen LogP contribution in [0.4, 0.5) is 5.69 Å². The number of nitrogens with one attached hydrogen (secondary N) is 2. The minimum absolute atomic E-state index is 0.122. The number of hydrogen-bond donors (Lipinski definition) is 2. The minimum Gasteiger partial charge on any atom is -0.494 e. The van der Waals surface area contributed by atoms with Gasteiger partial charge in [-0.2, -0.15) is 4.31 Å². The zero-order chi connectivity index (χ0) is 25.6. The molecule has 0 unspecified atom stereocenters. The van der Waals surface area contributed by atoms with Gasteiger partial charge in [0.1, 0.15) is 11.8 Å². The number of carbonyl (C=O) groups is 2. The van der Waals surface area contributed by atoms with E-state index in [1.54, 1.807) is 48.5 Å². The Bertz CT molecular complexity index is 1110. The van der Waals surface area contributed by atoms with Gasteiger partial charge >= 0.3 is 0 Å². The molecule has 1 heterocycles. The molecule has 2 amide bonds. The Morgan fingerprint density at radius 1 is 1.03 bits per heavy atom. The summed E-state index contributed by atoms with van der Waals surface area (Å²) in [6.45, 7) is 8.64. The second-order valence-electron chi connectivity index (χ2n) is 9.17. The number of anilines is 1. The van der Waals surface area contributed by atoms with E-state index in [1.165, 1.54) is 4.31 Å². The average molecular weight is 502 g/mol. The summed E-state index contributed by atoms with van der Waals surface area (Å²) in [4.78, 5) is 26.1. The van der Waals surface area contributed by atoms with Gasteiger partial charge in [0.2, 0.25) is 21.8 Å². The molecule has 2 aromatic carbocycles. The SMILES string of the molecule is CCOc1ccc(NC(=O)[C@H](NC(=O)C2CCN(S(=O)(=O)c3ccc(C)cc3)CC2)C(C)C)cc1. The average Bonchev–Trinajstić information content (AvgIpc) is 2.84. The molecule has 1 aliphatic rings. The molecule has 8 nitrogen and oxygen atoms in total. The number of benzene rings is 2. The molecule has 0 saturated carbocycles. The molecular formula is C26H35N3O5S. The van der Waals surface area contributed by atoms with Gasteiger partial charge in [-0.15, -0.1) is 0 Å². The Morgan fingerprint density at radius 3 is 2.17 bits per heavy atom. The number of ether oxygens (including phenoxy) is 1. The van der Waals surface area contributed by atoms with Crippen LogP contribution in [-0.4, -0.2) is 50.3 Å². The first-order valence-electron chi connectivity index (χ1n) is 12.0. The number of aryl methyl sites for hydroxylation is 1. The predicted molar refractivity (Wildman–Crippen MR) is 136 cm³/mol. The van der Waals surface area contributed by atoms with Gasteiger partial charge in [-0.1, -0.05) is 31.5 Å². The second-order valence-corrected chi connectivity index (χ2v) is 11.1. The Labute approximate surface area is 208 Å². The fourth-order valence-electron chi connectivity index (χ4n) is 4.04. The van der Waals surface area contributed by atoms with Gasteiger partial charge in [-0.3, -0.25) is 9.59 Å². The molecule has 35 heavy (non-hydrogen) atoms. The maximum absolute atomic E-state index is 13.0. The summed E-state index contributed by atoms with van der Waals surface area (Å²) in [5.74, 6) is -0.271. The molecule has 0 radical (unpaired) electrons. The molecule has 2 N–H and O–H groups in total. The molecular weight excluding hydrogens is 466 g/mol. The second kappa shape index (κ2) is 11.7. The smallest absolute Gasteiger partial charge is 0.247 e. The van der Waals surface area contributed by atoms with Crippen LogP contribution in [0.3, 0.4) is 0 Å². The van der Waals surface area contributed by atoms with E-state index in [9.17, 15) is 18.0 Å². The Hall–Kier alpha value is -2.91. The van der Waals surface area contributed by atoms with Gasteiger partial charge < -0.3 is 15.4 Å². The number of carbonyl (C=O) groups excluding carboxylic acids is 2. The number of hydrogen-bond acceptors (Lipinski definition) is 5. The quantitative estimate of drug-likeness (QED) is 0.547. The first-order chi connectivity index (χ1) is 16.6. The monoisotopic (exact) mass is 501 g/mol. The fraction of sp³-hybridized carbons (Fsp3) is 0.462. The highest BCUT2D eigenvalue weighted by Gasteiger charge is 2.34. The molecule has 1 fully saturated rings. The predicted octanol–water partition coefficient (Wildman–Crippen LogP) is 3.57. The lowest BCUT2D eigenvalue weighted by Gasteiger charge is -2.32. The number of sulfonamides is 1. The Morgan fingerprint density at radius 2 is 1.63 bits per heavy atom. The van der Waals surface area contributed by atoms with Crippen molar-refractivity contribution < 1.29 is 22.7 Å². The molecule has 0 bridgehead atoms. The molecule has 0 aliphatic carbocycles. The largest absolute Gasteiger partial charge is 0.494 e. The van der Waals surface area contributed by atoms with Crippen LogP contribution in [0.2, 0.25) is 0 Å². The summed E-state index contributed by atoms with van der Waals surface area (Å²) in [7, 11) is -3.59. The molecule has 190 valence electrons. The lowest BCUT2D eigenvalue weighted by Crippen LogP contribution is -2.50. The molecule has 1 aliphatic heterocycles. The van der Waals surface area contributed by atoms with E-state index in [0.717, 1.165) is 11.3 Å². The molecule has 0 aromatic heterocycles. The molecule has 2 aromatic rings. The van der Waals surface area contributed by atoms with Crippen molar-refractivity contribution in [3.05, 3.63) is 54.1 Å². The number of nitrogens with zero attached hydrogens (tertiary/aromatic N) is 1. The van der Waals surface area contributed by atoms with Crippen molar-refractivity contribution in [1.82, 2.24) is 9.62 Å². The van der Waals surface area contributed by atoms with Gasteiger partial charge in [0, 0.05) is 24.7 Å². The summed E-state index contributed by atoms with van der Waals surface area (Å²) >= 11 is 0. The minimum atomic E-state index is -3.59. The van der Waals surface area contributed by atoms with Gasteiger partial charge in [-0.25, -0.2) is 8.42 Å². The Kier molecular flexibility index (Phi) is 8.91. The van der Waals surface area contributed by atoms with Gasteiger partial charge in [0.25, 0.3) is 0 Å². The van der Waals surface area contributed by atoms with Crippen LogP contribution in [0.15, 0.2) is 53.4 Å². The molecule has 3 rings (SSSR count). The van der Waals surface area contributed by atoms with Gasteiger partial charge in [-0.05, 0) is 69.0 Å². The highest BCUT2D eigenvalue weighted by molar-refractivity contribution is 7.89. The normalized spacial score (nSPS) is 16.0. The van der Waals surface area contributed by atoms with E-state index in [2.05, 4.69) is 10.6 Å². The van der Waals surface area contributed by atoms with Crippen molar-refractivity contribution in [3.63, 3.8) is 0 Å². The molecule has 9 heteroatoms. The van der Waals surface area contributed by atoms with Crippen LogP contribution in [0.25, 0.3) is 0 Å². The van der Waals surface area contributed by atoms with Crippen molar-refractivity contribution in [1.29, 1.82) is 0 Å². The third-order valence-corrected chi connectivity index (χ3v) is 8.08. The number of rotatable bonds is 9. The highest BCUT2D eigenvalue weighted by Crippen LogP contribution is 2.25. The maximum Gasteiger partial charge on any atom is 0.247 e. The third-order valence-electron chi connectivity index (χ3n) is 6.16. The zero-order valence-corrected chi connectivity index (χ0v) is 21.6. The van der Waals surface area contributed by atoms with E-state index in [0.29, 0.717) is 25.1 Å². The zero-order valence-electron chi connectivity index (χ0n) is 20.8. The first kappa shape index (κ1) is 26.7. The van der Waals surface area contributed by atoms with E-state index < -0.39 is 16.1 Å². The first-order valence-corrected chi connectivity index (χ1v) is 13.5. The van der Waals surface area contributed by atoms with Crippen molar-refractivity contribution >= 4 is 27.5 Å². The van der Waals surface area contributed by atoms with E-state index >= 15 is 0 Å². The van der Waals surface area contributed by atoms with Gasteiger partial charge in [0.15, 0.2) is 0 Å². The van der Waals surface area contributed by atoms with Gasteiger partial charge in [0.05, 0.1) is 11.5 Å². The van der Waals surface area contributed by atoms with E-state index in [4.69, 9.17) is 4.74 Å². The van der Waals surface area contributed by atoms with Crippen LogP contribution in [0.1, 0.15) is 39.2 Å². The summed E-state index contributed by atoms with van der Waals surface area (Å²) in [5, 5.41) is 5.74. The number of piperidine rings is 1. The summed E-state index contributed by atoms with van der Waals surface area (Å²) < 4.78 is 32.7.